The van der Waals surface area contributed by atoms with Crippen LogP contribution in [0.15, 0.2) is 285 Å². The molecule has 0 spiro atoms. The fourth-order valence-electron chi connectivity index (χ4n) is 11.9. The molecule has 0 saturated heterocycles. The van der Waals surface area contributed by atoms with Crippen molar-refractivity contribution in [3.05, 3.63) is 302 Å². The molecule has 0 N–H and O–H groups in total. The Kier molecular flexibility index (Phi) is 12.2. The van der Waals surface area contributed by atoms with Gasteiger partial charge in [-0.15, -0.1) is 0 Å². The van der Waals surface area contributed by atoms with Crippen molar-refractivity contribution in [1.29, 1.82) is 5.26 Å². The topological polar surface area (TPSA) is 76.7 Å². The van der Waals surface area contributed by atoms with Crippen LogP contribution in [0.25, 0.3) is 150 Å². The second kappa shape index (κ2) is 20.7. The molecule has 12 aromatic carbocycles. The van der Waals surface area contributed by atoms with Crippen molar-refractivity contribution in [2.24, 2.45) is 0 Å². The Morgan fingerprint density at radius 2 is 0.619 bits per heavy atom. The first-order valence-corrected chi connectivity index (χ1v) is 27.9. The number of aromatic nitrogens is 5. The Labute approximate surface area is 485 Å². The van der Waals surface area contributed by atoms with Crippen molar-refractivity contribution in [3.63, 3.8) is 0 Å². The van der Waals surface area contributed by atoms with Crippen molar-refractivity contribution in [3.8, 4) is 107 Å². The molecule has 390 valence electrons. The molecule has 0 bridgehead atoms. The van der Waals surface area contributed by atoms with Gasteiger partial charge in [0.2, 0.25) is 0 Å². The summed E-state index contributed by atoms with van der Waals surface area (Å²) in [7, 11) is 0. The highest BCUT2D eigenvalue weighted by Gasteiger charge is 2.22. The molecule has 7 nitrogen and oxygen atoms in total. The molecule has 3 heterocycles. The number of nitrogens with zero attached hydrogens (tertiary/aromatic N) is 7. The van der Waals surface area contributed by atoms with Crippen LogP contribution >= 0.6 is 0 Å². The van der Waals surface area contributed by atoms with Gasteiger partial charge in [0, 0.05) is 49.6 Å². The zero-order valence-corrected chi connectivity index (χ0v) is 45.3. The Bertz CT molecular complexity index is 4940. The highest BCUT2D eigenvalue weighted by atomic mass is 15.0. The number of nitriles is 1. The molecule has 0 aliphatic carbocycles. The van der Waals surface area contributed by atoms with Gasteiger partial charge in [-0.1, -0.05) is 188 Å². The summed E-state index contributed by atoms with van der Waals surface area (Å²) in [6, 6.07) is 101. The summed E-state index contributed by atoms with van der Waals surface area (Å²) in [5.41, 5.74) is 19.8. The Morgan fingerprint density at radius 3 is 1.01 bits per heavy atom. The van der Waals surface area contributed by atoms with E-state index in [4.69, 9.17) is 21.5 Å². The Balaban J connectivity index is 0.950. The van der Waals surface area contributed by atoms with Crippen LogP contribution in [0, 0.1) is 17.9 Å². The minimum atomic E-state index is 0.418. The maximum Gasteiger partial charge on any atom is 0.190 e. The van der Waals surface area contributed by atoms with Crippen molar-refractivity contribution in [1.82, 2.24) is 24.1 Å². The number of fused-ring (bicyclic) bond motifs is 6. The third-order valence-corrected chi connectivity index (χ3v) is 15.9. The molecule has 15 aromatic rings. The van der Waals surface area contributed by atoms with Crippen molar-refractivity contribution < 1.29 is 0 Å². The molecule has 15 rings (SSSR count). The third-order valence-electron chi connectivity index (χ3n) is 15.9. The van der Waals surface area contributed by atoms with E-state index in [-0.39, 0.29) is 0 Å². The molecule has 0 radical (unpaired) electrons. The summed E-state index contributed by atoms with van der Waals surface area (Å²) >= 11 is 0. The molecule has 0 unspecified atom stereocenters. The van der Waals surface area contributed by atoms with Crippen LogP contribution in [-0.2, 0) is 0 Å². The fraction of sp³-hybridized carbons (Fsp3) is 0. The van der Waals surface area contributed by atoms with Gasteiger partial charge in [0.25, 0.3) is 0 Å². The number of rotatable bonds is 10. The molecular formula is C77H47N7. The van der Waals surface area contributed by atoms with E-state index < -0.39 is 0 Å². The maximum atomic E-state index is 10.2. The predicted octanol–water partition coefficient (Wildman–Crippen LogP) is 19.8. The standard InChI is InChI=1S/C77H47N7/c1-79-64-40-63(43-66(48-64)84-73-36-32-59(53-23-11-4-12-24-53)46-69(73)70-47-60(33-37-74(70)84)54-25-13-5-14-26-54)77-81-75(55-27-15-6-16-28-55)80-76(82-77)62-39-61(56-29-17-18-50(38-56)49-78)41-65(42-62)83-71-34-30-57(51-19-7-2-8-20-51)44-67(71)68-45-58(31-35-72(68)83)52-21-9-3-10-22-52/h2-48H. The van der Waals surface area contributed by atoms with Crippen LogP contribution in [0.2, 0.25) is 0 Å². The first-order valence-electron chi connectivity index (χ1n) is 27.9. The van der Waals surface area contributed by atoms with Crippen LogP contribution < -0.4 is 0 Å². The number of hydrogen-bond acceptors (Lipinski definition) is 4. The zero-order valence-electron chi connectivity index (χ0n) is 45.3. The first-order chi connectivity index (χ1) is 41.5. The van der Waals surface area contributed by atoms with Gasteiger partial charge in [-0.05, 0) is 153 Å². The van der Waals surface area contributed by atoms with E-state index in [1.165, 1.54) is 0 Å². The van der Waals surface area contributed by atoms with Gasteiger partial charge in [0.15, 0.2) is 23.2 Å². The van der Waals surface area contributed by atoms with Gasteiger partial charge in [0.1, 0.15) is 0 Å². The van der Waals surface area contributed by atoms with E-state index in [0.717, 1.165) is 122 Å². The van der Waals surface area contributed by atoms with E-state index in [1.54, 1.807) is 0 Å². The zero-order chi connectivity index (χ0) is 56.1. The first kappa shape index (κ1) is 49.3. The average molecular weight is 1070 g/mol. The normalized spacial score (nSPS) is 11.3. The fourth-order valence-corrected chi connectivity index (χ4v) is 11.9. The van der Waals surface area contributed by atoms with Crippen LogP contribution in [0.5, 0.6) is 0 Å². The quantitative estimate of drug-likeness (QED) is 0.128. The van der Waals surface area contributed by atoms with E-state index in [9.17, 15) is 5.26 Å². The van der Waals surface area contributed by atoms with Gasteiger partial charge < -0.3 is 9.13 Å². The van der Waals surface area contributed by atoms with Gasteiger partial charge in [-0.3, -0.25) is 0 Å². The van der Waals surface area contributed by atoms with Crippen molar-refractivity contribution in [2.45, 2.75) is 0 Å². The van der Waals surface area contributed by atoms with Crippen molar-refractivity contribution >= 4 is 49.3 Å². The molecule has 0 fully saturated rings. The van der Waals surface area contributed by atoms with Crippen LogP contribution in [0.1, 0.15) is 5.56 Å². The van der Waals surface area contributed by atoms with Gasteiger partial charge >= 0.3 is 0 Å². The highest BCUT2D eigenvalue weighted by molar-refractivity contribution is 6.13. The van der Waals surface area contributed by atoms with Crippen LogP contribution in [0.4, 0.5) is 5.69 Å². The summed E-state index contributed by atoms with van der Waals surface area (Å²) in [6.07, 6.45) is 0. The number of hydrogen-bond donors (Lipinski definition) is 0. The van der Waals surface area contributed by atoms with E-state index >= 15 is 0 Å². The molecule has 0 saturated carbocycles. The Hall–Kier alpha value is -11.8. The third kappa shape index (κ3) is 8.92. The molecule has 0 atom stereocenters. The predicted molar refractivity (Wildman–Crippen MR) is 343 cm³/mol. The maximum absolute atomic E-state index is 10.2. The van der Waals surface area contributed by atoms with E-state index in [2.05, 4.69) is 214 Å². The molecule has 0 amide bonds. The average Bonchev–Trinajstić information content (AvgIpc) is 2.59. The number of benzene rings is 12. The molecule has 0 aliphatic heterocycles. The van der Waals surface area contributed by atoms with Gasteiger partial charge in [-0.25, -0.2) is 19.8 Å². The second-order valence-electron chi connectivity index (χ2n) is 21.0. The highest BCUT2D eigenvalue weighted by Crippen LogP contribution is 2.42. The second-order valence-corrected chi connectivity index (χ2v) is 21.0. The summed E-state index contributed by atoms with van der Waals surface area (Å²) in [6.45, 7) is 8.54. The van der Waals surface area contributed by atoms with Crippen molar-refractivity contribution in [2.75, 3.05) is 0 Å². The lowest BCUT2D eigenvalue weighted by molar-refractivity contribution is 1.07. The molecule has 84 heavy (non-hydrogen) atoms. The minimum absolute atomic E-state index is 0.418. The summed E-state index contributed by atoms with van der Waals surface area (Å²) in [5, 5.41) is 14.6. The summed E-state index contributed by atoms with van der Waals surface area (Å²) in [5.74, 6) is 1.35. The van der Waals surface area contributed by atoms with Gasteiger partial charge in [0.05, 0.1) is 40.3 Å². The monoisotopic (exact) mass is 1070 g/mol. The lowest BCUT2D eigenvalue weighted by Crippen LogP contribution is -2.02. The molecular weight excluding hydrogens is 1020 g/mol. The van der Waals surface area contributed by atoms with Gasteiger partial charge in [-0.2, -0.15) is 5.26 Å². The lowest BCUT2D eigenvalue weighted by Gasteiger charge is -2.15. The largest absolute Gasteiger partial charge is 0.310 e. The molecule has 7 heteroatoms. The minimum Gasteiger partial charge on any atom is -0.310 e. The lowest BCUT2D eigenvalue weighted by atomic mass is 9.99. The molecule has 0 aliphatic rings. The SMILES string of the molecule is [C-]#[N+]c1cc(-c2nc(-c3ccccc3)nc(-c3cc(-c4cccc(C#N)c4)cc(-n4c5ccc(-c6ccccc6)cc5c5cc(-c6ccccc6)ccc54)c3)n2)cc(-n2c3ccc(-c4ccccc4)cc3c3cc(-c4ccccc4)ccc32)c1. The van der Waals surface area contributed by atoms with E-state index in [0.29, 0.717) is 34.3 Å². The smallest absolute Gasteiger partial charge is 0.190 e. The molecule has 3 aromatic heterocycles. The van der Waals surface area contributed by atoms with Crippen LogP contribution in [-0.4, -0.2) is 24.1 Å². The van der Waals surface area contributed by atoms with E-state index in [1.807, 2.05) is 91.0 Å². The Morgan fingerprint density at radius 1 is 0.286 bits per heavy atom. The summed E-state index contributed by atoms with van der Waals surface area (Å²) < 4.78 is 4.59. The van der Waals surface area contributed by atoms with Crippen LogP contribution in [0.3, 0.4) is 0 Å². The summed E-state index contributed by atoms with van der Waals surface area (Å²) in [4.78, 5) is 20.1.